The first-order valence-electron chi connectivity index (χ1n) is 7.57. The molecule has 0 aliphatic heterocycles. The Morgan fingerprint density at radius 1 is 1.16 bits per heavy atom. The minimum Gasteiger partial charge on any atom is -0.460 e. The van der Waals surface area contributed by atoms with Gasteiger partial charge in [0.05, 0.1) is 0 Å². The van der Waals surface area contributed by atoms with Crippen LogP contribution in [0.1, 0.15) is 73.6 Å². The molecule has 0 atom stereocenters. The van der Waals surface area contributed by atoms with Crippen molar-refractivity contribution < 1.29 is 9.53 Å². The highest BCUT2D eigenvalue weighted by molar-refractivity contribution is 5.70. The molecule has 19 heavy (non-hydrogen) atoms. The Bertz CT molecular complexity index is 245. The minimum absolute atomic E-state index is 0.0667. The van der Waals surface area contributed by atoms with E-state index in [1.807, 2.05) is 20.8 Å². The van der Waals surface area contributed by atoms with Gasteiger partial charge in [-0.25, -0.2) is 0 Å². The zero-order valence-corrected chi connectivity index (χ0v) is 13.7. The average molecular weight is 271 g/mol. The number of rotatable bonds is 2. The Morgan fingerprint density at radius 3 is 1.95 bits per heavy atom. The van der Waals surface area contributed by atoms with Crippen molar-refractivity contribution in [2.45, 2.75) is 85.3 Å². The average Bonchev–Trinajstić information content (AvgIpc) is 2.17. The lowest BCUT2D eigenvalue weighted by atomic mass is 9.84. The van der Waals surface area contributed by atoms with Gasteiger partial charge in [0.2, 0.25) is 0 Å². The Labute approximate surface area is 119 Å². The van der Waals surface area contributed by atoms with Gasteiger partial charge in [-0.15, -0.1) is 0 Å². The van der Waals surface area contributed by atoms with Crippen molar-refractivity contribution in [2.75, 3.05) is 0 Å². The molecule has 0 amide bonds. The van der Waals surface area contributed by atoms with Gasteiger partial charge in [0.1, 0.15) is 5.60 Å². The summed E-state index contributed by atoms with van der Waals surface area (Å²) in [6, 6.07) is 0.347. The Balaban J connectivity index is 0.000000711. The summed E-state index contributed by atoms with van der Waals surface area (Å²) in [5, 5.41) is 0. The predicted octanol–water partition coefficient (Wildman–Crippen LogP) is 3.90. The number of hydrogen-bond acceptors (Lipinski definition) is 3. The maximum absolute atomic E-state index is 11.6. The summed E-state index contributed by atoms with van der Waals surface area (Å²) in [7, 11) is 0. The van der Waals surface area contributed by atoms with Crippen LogP contribution in [0.4, 0.5) is 0 Å². The molecule has 1 aliphatic carbocycles. The third-order valence-corrected chi connectivity index (χ3v) is 2.77. The fraction of sp³-hybridized carbons (Fsp3) is 0.938. The standard InChI is InChI=1S/C12H23NO2.C4H10/c1-12(2,3)15-11(14)8-9-4-6-10(13)7-5-9;1-4(2)3/h9-10H,4-8,13H2,1-3H3;4H,1-3H3. The van der Waals surface area contributed by atoms with E-state index in [2.05, 4.69) is 20.8 Å². The molecule has 0 unspecified atom stereocenters. The van der Waals surface area contributed by atoms with Gasteiger partial charge >= 0.3 is 5.97 Å². The quantitative estimate of drug-likeness (QED) is 0.775. The molecule has 1 rings (SSSR count). The van der Waals surface area contributed by atoms with Gasteiger partial charge in [0, 0.05) is 12.5 Å². The van der Waals surface area contributed by atoms with E-state index in [9.17, 15) is 4.79 Å². The molecule has 1 saturated carbocycles. The molecule has 0 radical (unpaired) electrons. The molecule has 0 bridgehead atoms. The van der Waals surface area contributed by atoms with Gasteiger partial charge < -0.3 is 10.5 Å². The summed E-state index contributed by atoms with van der Waals surface area (Å²) in [6.07, 6.45) is 4.80. The third-order valence-electron chi connectivity index (χ3n) is 2.77. The highest BCUT2D eigenvalue weighted by Crippen LogP contribution is 2.26. The SMILES string of the molecule is CC(C)(C)OC(=O)CC1CCC(N)CC1.CC(C)C. The molecule has 3 heteroatoms. The maximum atomic E-state index is 11.6. The van der Waals surface area contributed by atoms with Crippen LogP contribution in [0.25, 0.3) is 0 Å². The van der Waals surface area contributed by atoms with E-state index in [1.54, 1.807) is 0 Å². The lowest BCUT2D eigenvalue weighted by molar-refractivity contribution is -0.156. The van der Waals surface area contributed by atoms with Crippen molar-refractivity contribution in [3.63, 3.8) is 0 Å². The maximum Gasteiger partial charge on any atom is 0.306 e. The van der Waals surface area contributed by atoms with E-state index in [0.29, 0.717) is 18.4 Å². The number of esters is 1. The normalized spacial score (nSPS) is 23.6. The first-order valence-corrected chi connectivity index (χ1v) is 7.57. The molecule has 3 nitrogen and oxygen atoms in total. The molecule has 0 heterocycles. The van der Waals surface area contributed by atoms with Crippen molar-refractivity contribution in [3.05, 3.63) is 0 Å². The monoisotopic (exact) mass is 271 g/mol. The summed E-state index contributed by atoms with van der Waals surface area (Å²) in [4.78, 5) is 11.6. The second-order valence-electron chi connectivity index (χ2n) is 7.30. The molecule has 0 saturated heterocycles. The van der Waals surface area contributed by atoms with E-state index < -0.39 is 0 Å². The van der Waals surface area contributed by atoms with Crippen LogP contribution in [0.5, 0.6) is 0 Å². The van der Waals surface area contributed by atoms with Crippen LogP contribution < -0.4 is 5.73 Å². The number of ether oxygens (including phenoxy) is 1. The minimum atomic E-state index is -0.359. The summed E-state index contributed by atoms with van der Waals surface area (Å²) < 4.78 is 5.30. The Hall–Kier alpha value is -0.570. The molecule has 1 fully saturated rings. The fourth-order valence-electron chi connectivity index (χ4n) is 2.01. The molecule has 0 spiro atoms. The first-order chi connectivity index (χ1) is 8.60. The fourth-order valence-corrected chi connectivity index (χ4v) is 2.01. The predicted molar refractivity (Wildman–Crippen MR) is 80.9 cm³/mol. The number of nitrogens with two attached hydrogens (primary N) is 1. The molecule has 0 aromatic heterocycles. The molecular weight excluding hydrogens is 238 g/mol. The second-order valence-corrected chi connectivity index (χ2v) is 7.30. The van der Waals surface area contributed by atoms with Gasteiger partial charge in [0.15, 0.2) is 0 Å². The van der Waals surface area contributed by atoms with Gasteiger partial charge in [-0.1, -0.05) is 20.8 Å². The highest BCUT2D eigenvalue weighted by Gasteiger charge is 2.23. The summed E-state index contributed by atoms with van der Waals surface area (Å²) in [5.74, 6) is 1.25. The van der Waals surface area contributed by atoms with E-state index in [1.165, 1.54) is 0 Å². The molecule has 0 aromatic carbocycles. The number of carbonyl (C=O) groups excluding carboxylic acids is 1. The van der Waals surface area contributed by atoms with Crippen LogP contribution in [-0.4, -0.2) is 17.6 Å². The highest BCUT2D eigenvalue weighted by atomic mass is 16.6. The lowest BCUT2D eigenvalue weighted by Gasteiger charge is -2.27. The smallest absolute Gasteiger partial charge is 0.306 e. The van der Waals surface area contributed by atoms with Crippen LogP contribution >= 0.6 is 0 Å². The number of hydrogen-bond donors (Lipinski definition) is 1. The van der Waals surface area contributed by atoms with Gasteiger partial charge in [-0.05, 0) is 58.3 Å². The van der Waals surface area contributed by atoms with Crippen LogP contribution in [-0.2, 0) is 9.53 Å². The number of carbonyl (C=O) groups is 1. The van der Waals surface area contributed by atoms with E-state index >= 15 is 0 Å². The van der Waals surface area contributed by atoms with Gasteiger partial charge in [-0.3, -0.25) is 4.79 Å². The van der Waals surface area contributed by atoms with Crippen molar-refractivity contribution in [2.24, 2.45) is 17.6 Å². The zero-order chi connectivity index (χ0) is 15.1. The van der Waals surface area contributed by atoms with Crippen LogP contribution in [0.15, 0.2) is 0 Å². The van der Waals surface area contributed by atoms with E-state index in [4.69, 9.17) is 10.5 Å². The molecule has 114 valence electrons. The zero-order valence-electron chi connectivity index (χ0n) is 13.7. The third kappa shape index (κ3) is 12.2. The molecule has 2 N–H and O–H groups in total. The van der Waals surface area contributed by atoms with Crippen LogP contribution in [0.3, 0.4) is 0 Å². The summed E-state index contributed by atoms with van der Waals surface area (Å²) in [5.41, 5.74) is 5.45. The Morgan fingerprint density at radius 2 is 1.58 bits per heavy atom. The van der Waals surface area contributed by atoms with Crippen molar-refractivity contribution in [1.82, 2.24) is 0 Å². The van der Waals surface area contributed by atoms with Crippen molar-refractivity contribution in [1.29, 1.82) is 0 Å². The molecule has 1 aliphatic rings. The van der Waals surface area contributed by atoms with E-state index in [0.717, 1.165) is 31.6 Å². The molecular formula is C16H33NO2. The van der Waals surface area contributed by atoms with Crippen molar-refractivity contribution in [3.8, 4) is 0 Å². The van der Waals surface area contributed by atoms with Crippen molar-refractivity contribution >= 4 is 5.97 Å². The van der Waals surface area contributed by atoms with E-state index in [-0.39, 0.29) is 11.6 Å². The largest absolute Gasteiger partial charge is 0.460 e. The van der Waals surface area contributed by atoms with Crippen LogP contribution in [0.2, 0.25) is 0 Å². The lowest BCUT2D eigenvalue weighted by Crippen LogP contribution is -2.29. The Kier molecular flexibility index (Phi) is 8.31. The second kappa shape index (κ2) is 8.57. The topological polar surface area (TPSA) is 52.3 Å². The first kappa shape index (κ1) is 18.4. The summed E-state index contributed by atoms with van der Waals surface area (Å²) in [6.45, 7) is 12.2. The van der Waals surface area contributed by atoms with Crippen LogP contribution in [0, 0.1) is 11.8 Å². The van der Waals surface area contributed by atoms with Gasteiger partial charge in [-0.2, -0.15) is 0 Å². The summed E-state index contributed by atoms with van der Waals surface area (Å²) >= 11 is 0. The molecule has 0 aromatic rings. The van der Waals surface area contributed by atoms with Gasteiger partial charge in [0.25, 0.3) is 0 Å².